The average Bonchev–Trinajstić information content (AvgIpc) is 3.03. The number of esters is 2. The Bertz CT molecular complexity index is 661. The van der Waals surface area contributed by atoms with Crippen LogP contribution in [0.4, 0.5) is 0 Å². The first kappa shape index (κ1) is 45.9. The summed E-state index contributed by atoms with van der Waals surface area (Å²) in [6, 6.07) is 0. The van der Waals surface area contributed by atoms with Crippen LogP contribution < -0.4 is 0 Å². The molecule has 0 aromatic carbocycles. The lowest BCUT2D eigenvalue weighted by atomic mass is 10.0. The van der Waals surface area contributed by atoms with Crippen molar-refractivity contribution < 1.29 is 23.8 Å². The summed E-state index contributed by atoms with van der Waals surface area (Å²) < 4.78 is 18.4. The number of hydrogen-bond donors (Lipinski definition) is 0. The molecule has 0 aromatic heterocycles. The molecule has 0 rings (SSSR count). The largest absolute Gasteiger partial charge is 0.462 e. The van der Waals surface area contributed by atoms with Gasteiger partial charge in [-0.15, -0.1) is 0 Å². The number of rotatable bonds is 36. The zero-order valence-electron chi connectivity index (χ0n) is 32.4. The van der Waals surface area contributed by atoms with Gasteiger partial charge in [0.1, 0.15) is 12.2 Å². The van der Waals surface area contributed by atoms with E-state index in [-0.39, 0.29) is 24.1 Å². The van der Waals surface area contributed by atoms with Crippen LogP contribution in [0.3, 0.4) is 0 Å². The molecular formula is C41H81NO5. The molecule has 0 saturated heterocycles. The molecular weight excluding hydrogens is 586 g/mol. The maximum atomic E-state index is 12.8. The van der Waals surface area contributed by atoms with Gasteiger partial charge in [0.15, 0.2) is 0 Å². The molecule has 0 aliphatic rings. The Hall–Kier alpha value is -1.14. The Labute approximate surface area is 293 Å². The summed E-state index contributed by atoms with van der Waals surface area (Å²) in [6.45, 7) is 10.6. The molecule has 0 heterocycles. The summed E-state index contributed by atoms with van der Waals surface area (Å²) in [7, 11) is 4.05. The number of hydrogen-bond acceptors (Lipinski definition) is 6. The third kappa shape index (κ3) is 31.9. The van der Waals surface area contributed by atoms with Gasteiger partial charge < -0.3 is 19.1 Å². The second-order valence-electron chi connectivity index (χ2n) is 14.4. The fourth-order valence-corrected chi connectivity index (χ4v) is 6.26. The van der Waals surface area contributed by atoms with Gasteiger partial charge in [-0.2, -0.15) is 0 Å². The Balaban J connectivity index is 4.83. The monoisotopic (exact) mass is 668 g/mol. The first-order valence-electron chi connectivity index (χ1n) is 20.5. The van der Waals surface area contributed by atoms with E-state index in [4.69, 9.17) is 14.2 Å². The SMILES string of the molecule is CCCCCCCC(CCCCCCC)OCCCCC(CCCC(=O)OC(CCCCC)CCCCC)OC(=O)CCCN(C)C. The molecule has 0 radical (unpaired) electrons. The first-order valence-corrected chi connectivity index (χ1v) is 20.5. The van der Waals surface area contributed by atoms with Gasteiger partial charge >= 0.3 is 11.9 Å². The Morgan fingerprint density at radius 1 is 0.447 bits per heavy atom. The zero-order chi connectivity index (χ0) is 34.8. The van der Waals surface area contributed by atoms with Gasteiger partial charge in [0.2, 0.25) is 0 Å². The van der Waals surface area contributed by atoms with Crippen LogP contribution in [0.5, 0.6) is 0 Å². The molecule has 0 amide bonds. The predicted octanol–water partition coefficient (Wildman–Crippen LogP) is 11.8. The lowest BCUT2D eigenvalue weighted by Gasteiger charge is -2.21. The van der Waals surface area contributed by atoms with Crippen molar-refractivity contribution in [2.24, 2.45) is 0 Å². The molecule has 6 nitrogen and oxygen atoms in total. The van der Waals surface area contributed by atoms with Gasteiger partial charge in [0.05, 0.1) is 6.10 Å². The van der Waals surface area contributed by atoms with E-state index in [1.54, 1.807) is 0 Å². The fourth-order valence-electron chi connectivity index (χ4n) is 6.26. The average molecular weight is 668 g/mol. The van der Waals surface area contributed by atoms with E-state index in [2.05, 4.69) is 32.6 Å². The number of carbonyl (C=O) groups is 2. The lowest BCUT2D eigenvalue weighted by Crippen LogP contribution is -2.22. The zero-order valence-corrected chi connectivity index (χ0v) is 32.4. The van der Waals surface area contributed by atoms with Crippen molar-refractivity contribution in [2.75, 3.05) is 27.2 Å². The minimum Gasteiger partial charge on any atom is -0.462 e. The van der Waals surface area contributed by atoms with Crippen molar-refractivity contribution >= 4 is 11.9 Å². The smallest absolute Gasteiger partial charge is 0.306 e. The predicted molar refractivity (Wildman–Crippen MR) is 200 cm³/mol. The molecule has 0 aliphatic carbocycles. The summed E-state index contributed by atoms with van der Waals surface area (Å²) in [6.07, 6.45) is 30.5. The number of unbranched alkanes of at least 4 members (excludes halogenated alkanes) is 13. The molecule has 0 bridgehead atoms. The van der Waals surface area contributed by atoms with Crippen LogP contribution in [0.2, 0.25) is 0 Å². The van der Waals surface area contributed by atoms with Gasteiger partial charge in [0, 0.05) is 19.4 Å². The molecule has 47 heavy (non-hydrogen) atoms. The molecule has 6 heteroatoms. The van der Waals surface area contributed by atoms with Crippen LogP contribution in [-0.4, -0.2) is 62.4 Å². The Morgan fingerprint density at radius 2 is 0.809 bits per heavy atom. The second-order valence-corrected chi connectivity index (χ2v) is 14.4. The number of nitrogens with zero attached hydrogens (tertiary/aromatic N) is 1. The summed E-state index contributed by atoms with van der Waals surface area (Å²) in [5.74, 6) is -0.211. The fraction of sp³-hybridized carbons (Fsp3) is 0.951. The van der Waals surface area contributed by atoms with Crippen molar-refractivity contribution in [3.8, 4) is 0 Å². The van der Waals surface area contributed by atoms with Gasteiger partial charge in [-0.25, -0.2) is 0 Å². The molecule has 280 valence electrons. The van der Waals surface area contributed by atoms with E-state index in [0.29, 0.717) is 31.8 Å². The summed E-state index contributed by atoms with van der Waals surface area (Å²) >= 11 is 0. The molecule has 0 aliphatic heterocycles. The van der Waals surface area contributed by atoms with Crippen molar-refractivity contribution in [3.63, 3.8) is 0 Å². The third-order valence-electron chi connectivity index (χ3n) is 9.28. The molecule has 0 aromatic rings. The summed E-state index contributed by atoms with van der Waals surface area (Å²) in [5.41, 5.74) is 0. The molecule has 0 N–H and O–H groups in total. The van der Waals surface area contributed by atoms with Crippen LogP contribution >= 0.6 is 0 Å². The molecule has 1 atom stereocenters. The van der Waals surface area contributed by atoms with E-state index < -0.39 is 0 Å². The van der Waals surface area contributed by atoms with Crippen molar-refractivity contribution in [1.29, 1.82) is 0 Å². The second kappa shape index (κ2) is 34.7. The minimum absolute atomic E-state index is 0.0439. The molecule has 0 fully saturated rings. The highest BCUT2D eigenvalue weighted by Gasteiger charge is 2.18. The maximum Gasteiger partial charge on any atom is 0.306 e. The minimum atomic E-state index is -0.146. The van der Waals surface area contributed by atoms with E-state index in [1.165, 1.54) is 103 Å². The van der Waals surface area contributed by atoms with Crippen molar-refractivity contribution in [1.82, 2.24) is 4.90 Å². The highest BCUT2D eigenvalue weighted by atomic mass is 16.5. The standard InChI is InChI=1S/C41H81NO5/c1-7-11-15-17-21-27-37(28-22-18-16-12-8-2)45-36-24-23-31-39(47-41(44)34-26-35-42(5)6)32-25-33-40(43)46-38(29-19-13-9-3)30-20-14-10-4/h37-39H,7-36H2,1-6H3. The molecule has 1 unspecified atom stereocenters. The number of carbonyl (C=O) groups excluding carboxylic acids is 2. The van der Waals surface area contributed by atoms with Crippen LogP contribution in [0, 0.1) is 0 Å². The van der Waals surface area contributed by atoms with E-state index in [1.807, 2.05) is 14.1 Å². The third-order valence-corrected chi connectivity index (χ3v) is 9.28. The van der Waals surface area contributed by atoms with Gasteiger partial charge in [-0.3, -0.25) is 9.59 Å². The van der Waals surface area contributed by atoms with Crippen LogP contribution in [-0.2, 0) is 23.8 Å². The Morgan fingerprint density at radius 3 is 1.28 bits per heavy atom. The van der Waals surface area contributed by atoms with Crippen LogP contribution in [0.1, 0.15) is 207 Å². The topological polar surface area (TPSA) is 65.1 Å². The van der Waals surface area contributed by atoms with E-state index >= 15 is 0 Å². The summed E-state index contributed by atoms with van der Waals surface area (Å²) in [4.78, 5) is 27.6. The quantitative estimate of drug-likeness (QED) is 0.0489. The molecule has 0 saturated carbocycles. The maximum absolute atomic E-state index is 12.8. The normalized spacial score (nSPS) is 12.4. The van der Waals surface area contributed by atoms with Gasteiger partial charge in [-0.05, 0) is 97.7 Å². The lowest BCUT2D eigenvalue weighted by molar-refractivity contribution is -0.151. The highest BCUT2D eigenvalue weighted by molar-refractivity contribution is 5.70. The van der Waals surface area contributed by atoms with Crippen LogP contribution in [0.25, 0.3) is 0 Å². The number of ether oxygens (including phenoxy) is 3. The van der Waals surface area contributed by atoms with E-state index in [9.17, 15) is 9.59 Å². The molecule has 0 spiro atoms. The van der Waals surface area contributed by atoms with Gasteiger partial charge in [0.25, 0.3) is 0 Å². The van der Waals surface area contributed by atoms with E-state index in [0.717, 1.165) is 64.5 Å². The van der Waals surface area contributed by atoms with Crippen LogP contribution in [0.15, 0.2) is 0 Å². The van der Waals surface area contributed by atoms with Crippen molar-refractivity contribution in [2.45, 2.75) is 226 Å². The highest BCUT2D eigenvalue weighted by Crippen LogP contribution is 2.20. The van der Waals surface area contributed by atoms with Crippen molar-refractivity contribution in [3.05, 3.63) is 0 Å². The first-order chi connectivity index (χ1) is 22.9. The van der Waals surface area contributed by atoms with Gasteiger partial charge in [-0.1, -0.05) is 118 Å². The Kier molecular flexibility index (Phi) is 33.9. The summed E-state index contributed by atoms with van der Waals surface area (Å²) in [5, 5.41) is 0.